The van der Waals surface area contributed by atoms with Crippen LogP contribution in [-0.4, -0.2) is 25.5 Å². The molecule has 0 spiro atoms. The van der Waals surface area contributed by atoms with Gasteiger partial charge in [0.2, 0.25) is 0 Å². The Morgan fingerprint density at radius 2 is 1.40 bits per heavy atom. The molecular formula is C14H29N. The van der Waals surface area contributed by atoms with Crippen molar-refractivity contribution in [2.45, 2.75) is 58.3 Å². The van der Waals surface area contributed by atoms with Crippen molar-refractivity contribution in [1.29, 1.82) is 0 Å². The predicted molar refractivity (Wildman–Crippen MR) is 70.3 cm³/mol. The fourth-order valence-electron chi connectivity index (χ4n) is 1.62. The molecule has 0 bridgehead atoms. The summed E-state index contributed by atoms with van der Waals surface area (Å²) in [5.41, 5.74) is 0. The lowest BCUT2D eigenvalue weighted by Crippen LogP contribution is -2.10. The van der Waals surface area contributed by atoms with Crippen LogP contribution in [-0.2, 0) is 0 Å². The van der Waals surface area contributed by atoms with Gasteiger partial charge in [0, 0.05) is 6.54 Å². The lowest BCUT2D eigenvalue weighted by molar-refractivity contribution is 0.456. The van der Waals surface area contributed by atoms with Crippen molar-refractivity contribution >= 4 is 0 Å². The summed E-state index contributed by atoms with van der Waals surface area (Å²) in [6.07, 6.45) is 15.7. The molecule has 15 heavy (non-hydrogen) atoms. The molecule has 0 aliphatic carbocycles. The Hall–Kier alpha value is -0.300. The van der Waals surface area contributed by atoms with Crippen molar-refractivity contribution in [2.24, 2.45) is 0 Å². The minimum atomic E-state index is 1.08. The van der Waals surface area contributed by atoms with Crippen LogP contribution < -0.4 is 0 Å². The Morgan fingerprint density at radius 1 is 0.800 bits per heavy atom. The normalized spacial score (nSPS) is 11.7. The van der Waals surface area contributed by atoms with Crippen molar-refractivity contribution in [1.82, 2.24) is 4.90 Å². The number of hydrogen-bond acceptors (Lipinski definition) is 1. The number of nitrogens with zero attached hydrogens (tertiary/aromatic N) is 1. The molecule has 0 radical (unpaired) electrons. The molecule has 0 atom stereocenters. The van der Waals surface area contributed by atoms with Gasteiger partial charge in [-0.05, 0) is 26.9 Å². The van der Waals surface area contributed by atoms with Crippen LogP contribution in [0.3, 0.4) is 0 Å². The van der Waals surface area contributed by atoms with Gasteiger partial charge in [0.25, 0.3) is 0 Å². The van der Waals surface area contributed by atoms with Crippen LogP contribution in [0.4, 0.5) is 0 Å². The van der Waals surface area contributed by atoms with Gasteiger partial charge in [-0.15, -0.1) is 0 Å². The maximum Gasteiger partial charge on any atom is 0.0157 e. The minimum absolute atomic E-state index is 1.08. The third-order valence-corrected chi connectivity index (χ3v) is 2.61. The van der Waals surface area contributed by atoms with Crippen LogP contribution in [0.2, 0.25) is 0 Å². The summed E-state index contributed by atoms with van der Waals surface area (Å²) in [6, 6.07) is 0. The van der Waals surface area contributed by atoms with Crippen LogP contribution >= 0.6 is 0 Å². The van der Waals surface area contributed by atoms with E-state index in [1.54, 1.807) is 0 Å². The van der Waals surface area contributed by atoms with Crippen molar-refractivity contribution in [3.63, 3.8) is 0 Å². The SMILES string of the molecule is CCCCCCCCC/C=C/CN(C)C. The quantitative estimate of drug-likeness (QED) is 0.386. The summed E-state index contributed by atoms with van der Waals surface area (Å²) >= 11 is 0. The molecule has 1 heteroatoms. The van der Waals surface area contributed by atoms with Gasteiger partial charge in [-0.3, -0.25) is 0 Å². The minimum Gasteiger partial charge on any atom is -0.306 e. The van der Waals surface area contributed by atoms with Gasteiger partial charge in [-0.2, -0.15) is 0 Å². The van der Waals surface area contributed by atoms with Gasteiger partial charge < -0.3 is 4.90 Å². The average Bonchev–Trinajstić information content (AvgIpc) is 2.20. The van der Waals surface area contributed by atoms with E-state index in [9.17, 15) is 0 Å². The maximum absolute atomic E-state index is 2.33. The zero-order valence-electron chi connectivity index (χ0n) is 11.0. The molecule has 0 saturated heterocycles. The van der Waals surface area contributed by atoms with E-state index in [0.717, 1.165) is 6.54 Å². The Balaban J connectivity index is 3.01. The predicted octanol–water partition coefficient (Wildman–Crippen LogP) is 4.24. The molecule has 0 aliphatic heterocycles. The van der Waals surface area contributed by atoms with E-state index >= 15 is 0 Å². The molecule has 0 aliphatic rings. The van der Waals surface area contributed by atoms with Gasteiger partial charge in [0.15, 0.2) is 0 Å². The van der Waals surface area contributed by atoms with Gasteiger partial charge in [-0.1, -0.05) is 57.6 Å². The van der Waals surface area contributed by atoms with Gasteiger partial charge in [0.1, 0.15) is 0 Å². The molecule has 0 unspecified atom stereocenters. The average molecular weight is 211 g/mol. The molecule has 0 aromatic heterocycles. The van der Waals surface area contributed by atoms with Crippen molar-refractivity contribution in [3.8, 4) is 0 Å². The number of allylic oxidation sites excluding steroid dienone is 1. The molecule has 0 rings (SSSR count). The summed E-state index contributed by atoms with van der Waals surface area (Å²) in [4.78, 5) is 2.20. The summed E-state index contributed by atoms with van der Waals surface area (Å²) in [5.74, 6) is 0. The van der Waals surface area contributed by atoms with Crippen LogP contribution in [0.25, 0.3) is 0 Å². The number of likely N-dealkylation sites (N-methyl/N-ethyl adjacent to an activating group) is 1. The molecule has 0 amide bonds. The first kappa shape index (κ1) is 14.7. The summed E-state index contributed by atoms with van der Waals surface area (Å²) in [5, 5.41) is 0. The fourth-order valence-corrected chi connectivity index (χ4v) is 1.62. The van der Waals surface area contributed by atoms with Crippen LogP contribution in [0.1, 0.15) is 58.3 Å². The molecule has 1 nitrogen and oxygen atoms in total. The van der Waals surface area contributed by atoms with E-state index in [1.807, 2.05) is 0 Å². The third-order valence-electron chi connectivity index (χ3n) is 2.61. The Bertz CT molecular complexity index is 138. The second-order valence-corrected chi connectivity index (χ2v) is 4.64. The Morgan fingerprint density at radius 3 is 2.00 bits per heavy atom. The lowest BCUT2D eigenvalue weighted by atomic mass is 10.1. The molecule has 0 heterocycles. The highest BCUT2D eigenvalue weighted by Gasteiger charge is 1.89. The third kappa shape index (κ3) is 13.7. The van der Waals surface area contributed by atoms with Gasteiger partial charge in [-0.25, -0.2) is 0 Å². The zero-order valence-corrected chi connectivity index (χ0v) is 11.0. The van der Waals surface area contributed by atoms with Crippen molar-refractivity contribution in [2.75, 3.05) is 20.6 Å². The molecular weight excluding hydrogens is 182 g/mol. The van der Waals surface area contributed by atoms with Gasteiger partial charge in [0.05, 0.1) is 0 Å². The lowest BCUT2D eigenvalue weighted by Gasteiger charge is -2.03. The standard InChI is InChI=1S/C14H29N/c1-4-5-6-7-8-9-10-11-12-13-14-15(2)3/h12-13H,4-11,14H2,1-3H3/b13-12+. The Kier molecular flexibility index (Phi) is 11.5. The first-order valence-electron chi connectivity index (χ1n) is 6.57. The van der Waals surface area contributed by atoms with E-state index < -0.39 is 0 Å². The molecule has 0 aromatic carbocycles. The van der Waals surface area contributed by atoms with E-state index in [0.29, 0.717) is 0 Å². The van der Waals surface area contributed by atoms with E-state index in [2.05, 4.69) is 38.1 Å². The number of rotatable bonds is 10. The van der Waals surface area contributed by atoms with Crippen molar-refractivity contribution < 1.29 is 0 Å². The fraction of sp³-hybridized carbons (Fsp3) is 0.857. The summed E-state index contributed by atoms with van der Waals surface area (Å²) in [6.45, 7) is 3.35. The monoisotopic (exact) mass is 211 g/mol. The first-order valence-corrected chi connectivity index (χ1v) is 6.57. The topological polar surface area (TPSA) is 3.24 Å². The number of unbranched alkanes of at least 4 members (excludes halogenated alkanes) is 7. The largest absolute Gasteiger partial charge is 0.306 e. The van der Waals surface area contributed by atoms with E-state index in [1.165, 1.54) is 51.4 Å². The Labute approximate surface area is 96.6 Å². The summed E-state index contributed by atoms with van der Waals surface area (Å²) < 4.78 is 0. The van der Waals surface area contributed by atoms with E-state index in [-0.39, 0.29) is 0 Å². The second kappa shape index (κ2) is 11.8. The van der Waals surface area contributed by atoms with Crippen LogP contribution in [0, 0.1) is 0 Å². The van der Waals surface area contributed by atoms with Gasteiger partial charge >= 0.3 is 0 Å². The smallest absolute Gasteiger partial charge is 0.0157 e. The summed E-state index contributed by atoms with van der Waals surface area (Å²) in [7, 11) is 4.22. The van der Waals surface area contributed by atoms with Crippen LogP contribution in [0.15, 0.2) is 12.2 Å². The highest BCUT2D eigenvalue weighted by molar-refractivity contribution is 4.83. The molecule has 0 fully saturated rings. The molecule has 90 valence electrons. The van der Waals surface area contributed by atoms with E-state index in [4.69, 9.17) is 0 Å². The first-order chi connectivity index (χ1) is 7.27. The zero-order chi connectivity index (χ0) is 11.4. The highest BCUT2D eigenvalue weighted by Crippen LogP contribution is 2.08. The second-order valence-electron chi connectivity index (χ2n) is 4.64. The molecule has 0 N–H and O–H groups in total. The molecule has 0 saturated carbocycles. The maximum atomic E-state index is 2.33. The van der Waals surface area contributed by atoms with Crippen molar-refractivity contribution in [3.05, 3.63) is 12.2 Å². The number of hydrogen-bond donors (Lipinski definition) is 0. The van der Waals surface area contributed by atoms with Crippen LogP contribution in [0.5, 0.6) is 0 Å². The molecule has 0 aromatic rings. The highest BCUT2D eigenvalue weighted by atomic mass is 15.0.